The van der Waals surface area contributed by atoms with Gasteiger partial charge in [-0.25, -0.2) is 18.5 Å². The first kappa shape index (κ1) is 39.1. The number of hydrogen-bond acceptors (Lipinski definition) is 15. The highest BCUT2D eigenvalue weighted by atomic mass is 31.3. The standard InChI is InChI=1S/C12H20N3O14P3.4H3N/c13-3-1-2-7-5-15(12(18)14-11(7)17)10-4-8(16)9(27-10)6-26-31(22,23)29-32(24,25)28-30(19,20)21;;;;/h1-2,5,8-10,16H,3-4,6,13H2,(H,22,23)(H,24,25)(H,14,17,18)(H2,19,20,21);4*1H3/t8-,9+,10+;;;;/m0..../s1. The number of aromatic nitrogens is 2. The monoisotopic (exact) mass is 591 g/mol. The number of nitrogens with one attached hydrogen (secondary N) is 1. The average Bonchev–Trinajstić information content (AvgIpc) is 2.97. The number of aromatic amines is 1. The van der Waals surface area contributed by atoms with Crippen LogP contribution >= 0.6 is 23.5 Å². The first-order chi connectivity index (χ1) is 14.6. The Labute approximate surface area is 203 Å². The molecule has 1 aromatic rings. The van der Waals surface area contributed by atoms with Gasteiger partial charge in [0.25, 0.3) is 5.56 Å². The molecule has 214 valence electrons. The van der Waals surface area contributed by atoms with E-state index in [4.69, 9.17) is 25.2 Å². The molecule has 0 amide bonds. The molecule has 20 N–H and O–H groups in total. The molecule has 0 aliphatic carbocycles. The van der Waals surface area contributed by atoms with Gasteiger partial charge < -0.3 is 59.8 Å². The zero-order valence-corrected chi connectivity index (χ0v) is 21.4. The molecule has 1 aliphatic rings. The van der Waals surface area contributed by atoms with Gasteiger partial charge in [0.2, 0.25) is 0 Å². The van der Waals surface area contributed by atoms with Crippen LogP contribution in [0.4, 0.5) is 0 Å². The Balaban J connectivity index is -0.00000272. The number of phosphoric acid groups is 3. The molecule has 0 saturated carbocycles. The lowest BCUT2D eigenvalue weighted by molar-refractivity contribution is -0.0450. The average molecular weight is 591 g/mol. The van der Waals surface area contributed by atoms with Crippen molar-refractivity contribution in [3.05, 3.63) is 38.7 Å². The number of nitrogens with two attached hydrogens (primary N) is 1. The largest absolute Gasteiger partial charge is 0.490 e. The van der Waals surface area contributed by atoms with Crippen molar-refractivity contribution >= 4 is 29.5 Å². The van der Waals surface area contributed by atoms with Crippen molar-refractivity contribution in [2.24, 2.45) is 5.73 Å². The molecular weight excluding hydrogens is 559 g/mol. The van der Waals surface area contributed by atoms with Gasteiger partial charge in [0.15, 0.2) is 0 Å². The Morgan fingerprint density at radius 1 is 1.08 bits per heavy atom. The SMILES string of the molecule is N.N.N.N.NCC=Cc1cn([C@H]2C[C@H](O)[C@@H](COP(=O)(O)OP(=O)(O)OP(=O)(O)O)O2)c(=O)[nH]c1=O. The Bertz CT molecular complexity index is 1120. The van der Waals surface area contributed by atoms with Crippen LogP contribution < -0.4 is 41.6 Å². The minimum atomic E-state index is -5.70. The summed E-state index contributed by atoms with van der Waals surface area (Å²) in [5.41, 5.74) is 3.81. The van der Waals surface area contributed by atoms with Crippen molar-refractivity contribution in [3.63, 3.8) is 0 Å². The molecule has 2 heterocycles. The molecule has 2 unspecified atom stereocenters. The number of H-pyrrole nitrogens is 1. The van der Waals surface area contributed by atoms with E-state index >= 15 is 0 Å². The van der Waals surface area contributed by atoms with E-state index in [-0.39, 0.29) is 43.1 Å². The minimum Gasteiger partial charge on any atom is -0.390 e. The van der Waals surface area contributed by atoms with Crippen molar-refractivity contribution in [2.75, 3.05) is 13.2 Å². The number of aliphatic hydroxyl groups excluding tert-OH is 1. The van der Waals surface area contributed by atoms with Gasteiger partial charge in [0.1, 0.15) is 12.3 Å². The van der Waals surface area contributed by atoms with Gasteiger partial charge in [-0.1, -0.05) is 12.2 Å². The van der Waals surface area contributed by atoms with Crippen molar-refractivity contribution in [3.8, 4) is 0 Å². The quantitative estimate of drug-likeness (QED) is 0.147. The second-order valence-corrected chi connectivity index (χ2v) is 10.6. The first-order valence-corrected chi connectivity index (χ1v) is 13.0. The topological polar surface area (TPSA) is 410 Å². The van der Waals surface area contributed by atoms with Crippen LogP contribution in [0, 0.1) is 0 Å². The normalized spacial score (nSPS) is 22.8. The smallest absolute Gasteiger partial charge is 0.390 e. The predicted octanol–water partition coefficient (Wildman–Crippen LogP) is -0.852. The lowest BCUT2D eigenvalue weighted by Gasteiger charge is -2.19. The van der Waals surface area contributed by atoms with E-state index in [0.29, 0.717) is 0 Å². The Hall–Kier alpha value is -1.45. The molecule has 0 spiro atoms. The van der Waals surface area contributed by atoms with Crippen molar-refractivity contribution in [1.29, 1.82) is 0 Å². The van der Waals surface area contributed by atoms with E-state index in [0.717, 1.165) is 10.8 Å². The maximum absolute atomic E-state index is 12.1. The molecule has 0 bridgehead atoms. The lowest BCUT2D eigenvalue weighted by atomic mass is 10.2. The summed E-state index contributed by atoms with van der Waals surface area (Å²) in [5.74, 6) is 0. The number of nitrogens with zero attached hydrogens (tertiary/aromatic N) is 1. The summed E-state index contributed by atoms with van der Waals surface area (Å²) in [6, 6.07) is 0. The predicted molar refractivity (Wildman–Crippen MR) is 124 cm³/mol. The molecule has 0 radical (unpaired) electrons. The van der Waals surface area contributed by atoms with Crippen LogP contribution in [0.1, 0.15) is 18.2 Å². The highest BCUT2D eigenvalue weighted by Gasteiger charge is 2.43. The van der Waals surface area contributed by atoms with Crippen molar-refractivity contribution < 1.29 is 56.3 Å². The second-order valence-electron chi connectivity index (χ2n) is 6.21. The van der Waals surface area contributed by atoms with Gasteiger partial charge in [-0.15, -0.1) is 0 Å². The Morgan fingerprint density at radius 2 is 1.67 bits per heavy atom. The van der Waals surface area contributed by atoms with Gasteiger partial charge in [-0.2, -0.15) is 8.62 Å². The summed E-state index contributed by atoms with van der Waals surface area (Å²) in [4.78, 5) is 61.5. The van der Waals surface area contributed by atoms with Crippen LogP contribution in [0.5, 0.6) is 0 Å². The van der Waals surface area contributed by atoms with Crippen LogP contribution in [0.3, 0.4) is 0 Å². The molecule has 24 heteroatoms. The summed E-state index contributed by atoms with van der Waals surface area (Å²) in [5, 5.41) is 10.1. The van der Waals surface area contributed by atoms with Gasteiger partial charge in [-0.05, 0) is 0 Å². The number of hydrogen-bond donors (Lipinski definition) is 11. The molecule has 5 atom stereocenters. The zero-order valence-electron chi connectivity index (χ0n) is 18.7. The fourth-order valence-corrected chi connectivity index (χ4v) is 5.57. The summed E-state index contributed by atoms with van der Waals surface area (Å²) in [6.45, 7) is -0.778. The van der Waals surface area contributed by atoms with E-state index in [2.05, 4.69) is 13.1 Å². The number of phosphoric ester groups is 1. The molecule has 1 saturated heterocycles. The number of rotatable bonds is 10. The van der Waals surface area contributed by atoms with Gasteiger partial charge in [-0.3, -0.25) is 18.9 Å². The van der Waals surface area contributed by atoms with Gasteiger partial charge in [0.05, 0.1) is 18.3 Å². The van der Waals surface area contributed by atoms with Gasteiger partial charge in [0, 0.05) is 19.2 Å². The molecule has 2 rings (SSSR count). The maximum atomic E-state index is 12.1. The van der Waals surface area contributed by atoms with Crippen molar-refractivity contribution in [1.82, 2.24) is 34.2 Å². The van der Waals surface area contributed by atoms with E-state index in [1.54, 1.807) is 0 Å². The summed E-state index contributed by atoms with van der Waals surface area (Å²) < 4.78 is 51.6. The zero-order chi connectivity index (χ0) is 24.3. The second kappa shape index (κ2) is 15.1. The molecule has 36 heavy (non-hydrogen) atoms. The maximum Gasteiger partial charge on any atom is 0.490 e. The highest BCUT2D eigenvalue weighted by molar-refractivity contribution is 7.66. The third-order valence-electron chi connectivity index (χ3n) is 3.76. The van der Waals surface area contributed by atoms with Gasteiger partial charge >= 0.3 is 29.2 Å². The van der Waals surface area contributed by atoms with Crippen LogP contribution in [0.15, 0.2) is 21.9 Å². The van der Waals surface area contributed by atoms with Crippen LogP contribution in [0.2, 0.25) is 0 Å². The van der Waals surface area contributed by atoms with Crippen LogP contribution in [0.25, 0.3) is 6.08 Å². The Morgan fingerprint density at radius 3 is 2.19 bits per heavy atom. The number of ether oxygens (including phenoxy) is 1. The molecule has 1 aromatic heterocycles. The van der Waals surface area contributed by atoms with E-state index in [9.17, 15) is 33.3 Å². The van der Waals surface area contributed by atoms with E-state index in [1.165, 1.54) is 12.2 Å². The molecular formula is C12H32N7O14P3. The third kappa shape index (κ3) is 11.7. The van der Waals surface area contributed by atoms with E-state index in [1.807, 2.05) is 4.98 Å². The summed E-state index contributed by atoms with van der Waals surface area (Å²) >= 11 is 0. The first-order valence-electron chi connectivity index (χ1n) is 8.46. The Kier molecular flexibility index (Phi) is 16.4. The molecule has 21 nitrogen and oxygen atoms in total. The van der Waals surface area contributed by atoms with Crippen LogP contribution in [-0.2, 0) is 31.6 Å². The molecule has 1 aliphatic heterocycles. The fraction of sp³-hybridized carbons (Fsp3) is 0.500. The fourth-order valence-electron chi connectivity index (χ4n) is 2.54. The third-order valence-corrected chi connectivity index (χ3v) is 7.56. The van der Waals surface area contributed by atoms with E-state index < -0.39 is 59.8 Å². The summed E-state index contributed by atoms with van der Waals surface area (Å²) in [6.07, 6.45) is -0.0802. The molecule has 0 aromatic carbocycles. The summed E-state index contributed by atoms with van der Waals surface area (Å²) in [7, 11) is -16.7. The molecule has 1 fully saturated rings. The lowest BCUT2D eigenvalue weighted by Crippen LogP contribution is -2.33. The van der Waals surface area contributed by atoms with Crippen LogP contribution in [-0.4, -0.2) is 59.6 Å². The minimum absolute atomic E-state index is 0. The number of aliphatic hydroxyl groups is 1. The highest BCUT2D eigenvalue weighted by Crippen LogP contribution is 2.66. The van der Waals surface area contributed by atoms with Crippen molar-refractivity contribution in [2.45, 2.75) is 24.9 Å².